The Labute approximate surface area is 321 Å². The number of aromatic nitrogens is 3. The van der Waals surface area contributed by atoms with Gasteiger partial charge in [0.15, 0.2) is 25.4 Å². The third-order valence-corrected chi connectivity index (χ3v) is 12.0. The zero-order valence-corrected chi connectivity index (χ0v) is 32.0. The number of rotatable bonds is 13. The first-order chi connectivity index (χ1) is 26.7. The molecule has 56 heavy (non-hydrogen) atoms. The molecule has 1 aromatic heterocycles. The van der Waals surface area contributed by atoms with Crippen LogP contribution in [0.2, 0.25) is 0 Å². The minimum Gasteiger partial charge on any atom is -0.506 e. The number of sulfone groups is 2. The van der Waals surface area contributed by atoms with E-state index in [-0.39, 0.29) is 56.1 Å². The summed E-state index contributed by atoms with van der Waals surface area (Å²) in [6.45, 7) is 4.89. The van der Waals surface area contributed by atoms with Crippen LogP contribution in [0.1, 0.15) is 19.4 Å². The number of aryl methyl sites for hydroxylation is 1. The van der Waals surface area contributed by atoms with Gasteiger partial charge < -0.3 is 26.2 Å². The van der Waals surface area contributed by atoms with Gasteiger partial charge in [0, 0.05) is 35.3 Å². The van der Waals surface area contributed by atoms with Gasteiger partial charge in [0.2, 0.25) is 11.9 Å². The summed E-state index contributed by atoms with van der Waals surface area (Å²) in [7, 11) is -5.21. The first kappa shape index (κ1) is 39.1. The Balaban J connectivity index is 1.24. The van der Waals surface area contributed by atoms with Crippen LogP contribution in [0.4, 0.5) is 56.1 Å². The van der Waals surface area contributed by atoms with Gasteiger partial charge in [-0.25, -0.2) is 16.8 Å². The topological polar surface area (TPSA) is 233 Å². The van der Waals surface area contributed by atoms with E-state index in [9.17, 15) is 31.4 Å². The van der Waals surface area contributed by atoms with Crippen LogP contribution in [-0.2, 0) is 19.7 Å². The molecule has 19 heteroatoms. The Hall–Kier alpha value is -6.60. The zero-order chi connectivity index (χ0) is 40.2. The van der Waals surface area contributed by atoms with Crippen molar-refractivity contribution in [2.45, 2.75) is 30.6 Å². The number of azo groups is 2. The number of anilines is 5. The molecule has 288 valence electrons. The molecule has 0 fully saturated rings. The van der Waals surface area contributed by atoms with Gasteiger partial charge in [-0.15, -0.1) is 15.3 Å². The lowest BCUT2D eigenvalue weighted by molar-refractivity contribution is 0.473. The Morgan fingerprint density at radius 3 is 1.88 bits per heavy atom. The second-order valence-corrected chi connectivity index (χ2v) is 16.7. The number of hydrogen-bond donors (Lipinski definition) is 5. The maximum absolute atomic E-state index is 14.5. The molecular formula is C37H35FN10O6S2. The fraction of sp³-hybridized carbons (Fsp3) is 0.162. The molecule has 6 aromatic rings. The number of nitrogens with zero attached hydrogens (tertiary/aromatic N) is 7. The Morgan fingerprint density at radius 2 is 1.21 bits per heavy atom. The first-order valence-corrected chi connectivity index (χ1v) is 20.3. The summed E-state index contributed by atoms with van der Waals surface area (Å²) in [6.07, 6.45) is -1.05. The van der Waals surface area contributed by atoms with Gasteiger partial charge in [0.05, 0.1) is 32.7 Å². The van der Waals surface area contributed by atoms with Crippen molar-refractivity contribution in [2.24, 2.45) is 20.5 Å². The van der Waals surface area contributed by atoms with Crippen molar-refractivity contribution in [3.63, 3.8) is 0 Å². The highest BCUT2D eigenvalue weighted by Crippen LogP contribution is 2.43. The molecule has 0 unspecified atom stereocenters. The summed E-state index contributed by atoms with van der Waals surface area (Å²) in [5.41, 5.74) is 3.23. The minimum absolute atomic E-state index is 0.0126. The standard InChI is InChI=1S/C37H35FN10O6S2/c1-5-55(51,52)24-11-9-22(10-12-24)40-36-42-35(38)43-37(44-36)41-23-8-7-21(3)31(19-23)47-48-33-26-14-18-30(34(50)27(26)15-17-29(33)39-4)46-45-28-16-13-25(20-32(28)49)56(53,54)6-2/h7-20,39,49-50H,5-6H2,1-4H3,(H2,40,41,42,43,44). The second-order valence-electron chi connectivity index (χ2n) is 12.1. The first-order valence-electron chi connectivity index (χ1n) is 17.0. The molecule has 1 heterocycles. The quantitative estimate of drug-likeness (QED) is 0.0690. The normalized spacial score (nSPS) is 12.1. The molecular weight excluding hydrogens is 764 g/mol. The van der Waals surface area contributed by atoms with Crippen molar-refractivity contribution < 1.29 is 31.4 Å². The van der Waals surface area contributed by atoms with Gasteiger partial charge >= 0.3 is 6.08 Å². The summed E-state index contributed by atoms with van der Waals surface area (Å²) >= 11 is 0. The number of aromatic hydroxyl groups is 2. The number of hydrogen-bond acceptors (Lipinski definition) is 16. The average molecular weight is 799 g/mol. The lowest BCUT2D eigenvalue weighted by Gasteiger charge is -2.11. The highest BCUT2D eigenvalue weighted by atomic mass is 32.2. The molecule has 5 aromatic carbocycles. The number of benzene rings is 5. The van der Waals surface area contributed by atoms with E-state index in [0.29, 0.717) is 39.2 Å². The van der Waals surface area contributed by atoms with Crippen LogP contribution in [0.15, 0.2) is 115 Å². The van der Waals surface area contributed by atoms with Gasteiger partial charge in [0.25, 0.3) is 0 Å². The predicted molar refractivity (Wildman–Crippen MR) is 211 cm³/mol. The summed E-state index contributed by atoms with van der Waals surface area (Å²) < 4.78 is 63.1. The third kappa shape index (κ3) is 8.53. The molecule has 16 nitrogen and oxygen atoms in total. The van der Waals surface area contributed by atoms with Crippen LogP contribution in [0.25, 0.3) is 10.8 Å². The van der Waals surface area contributed by atoms with Gasteiger partial charge in [-0.05, 0) is 85.3 Å². The van der Waals surface area contributed by atoms with Crippen molar-refractivity contribution in [1.29, 1.82) is 0 Å². The molecule has 0 aliphatic heterocycles. The maximum Gasteiger partial charge on any atom is 0.315 e. The maximum atomic E-state index is 14.5. The van der Waals surface area contributed by atoms with Gasteiger partial charge in [-0.2, -0.15) is 24.5 Å². The van der Waals surface area contributed by atoms with Gasteiger partial charge in [-0.1, -0.05) is 19.9 Å². The van der Waals surface area contributed by atoms with E-state index in [1.54, 1.807) is 50.4 Å². The van der Waals surface area contributed by atoms with Gasteiger partial charge in [-0.3, -0.25) is 0 Å². The van der Waals surface area contributed by atoms with Crippen molar-refractivity contribution in [3.8, 4) is 11.5 Å². The molecule has 0 aliphatic rings. The summed E-state index contributed by atoms with van der Waals surface area (Å²) in [6, 6.07) is 21.4. The number of fused-ring (bicyclic) bond motifs is 1. The summed E-state index contributed by atoms with van der Waals surface area (Å²) in [4.78, 5) is 11.8. The van der Waals surface area contributed by atoms with E-state index in [1.165, 1.54) is 49.4 Å². The molecule has 0 radical (unpaired) electrons. The lowest BCUT2D eigenvalue weighted by Crippen LogP contribution is -2.06. The van der Waals surface area contributed by atoms with E-state index in [2.05, 4.69) is 51.4 Å². The van der Waals surface area contributed by atoms with E-state index in [4.69, 9.17) is 0 Å². The predicted octanol–water partition coefficient (Wildman–Crippen LogP) is 8.83. The van der Waals surface area contributed by atoms with E-state index in [1.807, 2.05) is 6.92 Å². The molecule has 0 bridgehead atoms. The molecule has 0 saturated carbocycles. The van der Waals surface area contributed by atoms with Crippen LogP contribution in [-0.4, -0.2) is 60.6 Å². The van der Waals surface area contributed by atoms with Crippen molar-refractivity contribution in [2.75, 3.05) is 34.5 Å². The number of phenols is 2. The van der Waals surface area contributed by atoms with Gasteiger partial charge in [0.1, 0.15) is 22.8 Å². The molecule has 5 N–H and O–H groups in total. The van der Waals surface area contributed by atoms with Crippen molar-refractivity contribution >= 4 is 82.2 Å². The Bertz CT molecular complexity index is 2750. The van der Waals surface area contributed by atoms with Crippen LogP contribution in [0.3, 0.4) is 0 Å². The highest BCUT2D eigenvalue weighted by Gasteiger charge is 2.17. The van der Waals surface area contributed by atoms with E-state index in [0.717, 1.165) is 11.6 Å². The lowest BCUT2D eigenvalue weighted by atomic mass is 10.1. The molecule has 0 spiro atoms. The zero-order valence-electron chi connectivity index (χ0n) is 30.3. The number of nitrogens with one attached hydrogen (secondary N) is 3. The second kappa shape index (κ2) is 16.0. The van der Waals surface area contributed by atoms with Crippen LogP contribution in [0.5, 0.6) is 11.5 Å². The Morgan fingerprint density at radius 1 is 0.643 bits per heavy atom. The minimum atomic E-state index is -3.53. The summed E-state index contributed by atoms with van der Waals surface area (Å²) in [5, 5.41) is 48.5. The monoisotopic (exact) mass is 798 g/mol. The smallest absolute Gasteiger partial charge is 0.315 e. The van der Waals surface area contributed by atoms with Crippen molar-refractivity contribution in [1.82, 2.24) is 15.0 Å². The fourth-order valence-electron chi connectivity index (χ4n) is 5.34. The molecule has 0 amide bonds. The molecule has 6 rings (SSSR count). The molecule has 0 aliphatic carbocycles. The number of halogens is 1. The Kier molecular flexibility index (Phi) is 11.2. The molecule has 0 atom stereocenters. The number of phenolic OH excluding ortho intramolecular Hbond substituents is 2. The van der Waals surface area contributed by atoms with Crippen LogP contribution in [0, 0.1) is 13.0 Å². The van der Waals surface area contributed by atoms with E-state index >= 15 is 0 Å². The van der Waals surface area contributed by atoms with Crippen LogP contribution < -0.4 is 16.0 Å². The molecule has 0 saturated heterocycles. The highest BCUT2D eigenvalue weighted by molar-refractivity contribution is 7.91. The fourth-order valence-corrected chi connectivity index (χ4v) is 7.12. The average Bonchev–Trinajstić information content (AvgIpc) is 3.18. The third-order valence-electron chi connectivity index (χ3n) is 8.52. The van der Waals surface area contributed by atoms with Crippen molar-refractivity contribution in [3.05, 3.63) is 96.6 Å². The summed E-state index contributed by atoms with van der Waals surface area (Å²) in [5.74, 6) is -0.980. The van der Waals surface area contributed by atoms with Crippen LogP contribution >= 0.6 is 0 Å². The van der Waals surface area contributed by atoms with E-state index < -0.39 is 25.8 Å². The SMILES string of the molecule is CCS(=O)(=O)c1ccc(Nc2nc(F)nc(Nc3ccc(C)c(N=Nc4c(NC)ccc5c(O)c(N=Nc6ccc(S(=O)(=O)CC)cc6O)ccc45)c3)n2)cc1. The largest absolute Gasteiger partial charge is 0.506 e.